The van der Waals surface area contributed by atoms with Crippen molar-refractivity contribution in [2.45, 2.75) is 38.6 Å². The minimum absolute atomic E-state index is 0.133. The van der Waals surface area contributed by atoms with Crippen LogP contribution in [0.15, 0.2) is 24.3 Å². The third-order valence-electron chi connectivity index (χ3n) is 4.15. The van der Waals surface area contributed by atoms with Gasteiger partial charge in [-0.25, -0.2) is 0 Å². The van der Waals surface area contributed by atoms with Crippen molar-refractivity contribution in [3.63, 3.8) is 0 Å². The number of halogens is 1. The van der Waals surface area contributed by atoms with E-state index in [2.05, 4.69) is 5.32 Å². The fourth-order valence-corrected chi connectivity index (χ4v) is 3.19. The molecule has 2 rings (SSSR count). The van der Waals surface area contributed by atoms with Crippen LogP contribution in [0, 0.1) is 11.8 Å². The lowest BCUT2D eigenvalue weighted by Gasteiger charge is -2.22. The van der Waals surface area contributed by atoms with Gasteiger partial charge in [0.25, 0.3) is 0 Å². The molecule has 1 aliphatic carbocycles. The van der Waals surface area contributed by atoms with Crippen LogP contribution in [-0.4, -0.2) is 17.0 Å². The molecule has 114 valence electrons. The number of rotatable bonds is 5. The molecular weight excluding hydrogens is 290 g/mol. The number of hydrogen-bond acceptors (Lipinski definition) is 2. The number of amides is 1. The molecule has 2 N–H and O–H groups in total. The maximum absolute atomic E-state index is 12.4. The Kier molecular flexibility index (Phi) is 5.23. The molecule has 0 saturated heterocycles. The van der Waals surface area contributed by atoms with Crippen LogP contribution >= 0.6 is 11.6 Å². The summed E-state index contributed by atoms with van der Waals surface area (Å²) in [5.74, 6) is -2.01. The van der Waals surface area contributed by atoms with Crippen molar-refractivity contribution in [2.75, 3.05) is 0 Å². The number of hydrogen-bond donors (Lipinski definition) is 2. The molecule has 0 radical (unpaired) electrons. The van der Waals surface area contributed by atoms with Crippen molar-refractivity contribution in [1.29, 1.82) is 0 Å². The predicted molar refractivity (Wildman–Crippen MR) is 81.1 cm³/mol. The third-order valence-corrected chi connectivity index (χ3v) is 4.38. The molecule has 0 spiro atoms. The van der Waals surface area contributed by atoms with Gasteiger partial charge in [0.2, 0.25) is 5.91 Å². The molecule has 1 aromatic carbocycles. The quantitative estimate of drug-likeness (QED) is 0.876. The number of aliphatic carboxylic acids is 1. The Morgan fingerprint density at radius 3 is 2.71 bits per heavy atom. The summed E-state index contributed by atoms with van der Waals surface area (Å²) in [6.07, 6.45) is 2.76. The fourth-order valence-electron chi connectivity index (χ4n) is 2.99. The number of carboxylic acid groups (broad SMARTS) is 1. The topological polar surface area (TPSA) is 66.4 Å². The Balaban J connectivity index is 2.08. The van der Waals surface area contributed by atoms with Crippen LogP contribution < -0.4 is 5.32 Å². The zero-order chi connectivity index (χ0) is 15.4. The molecule has 1 fully saturated rings. The van der Waals surface area contributed by atoms with Gasteiger partial charge in [0, 0.05) is 5.02 Å². The lowest BCUT2D eigenvalue weighted by molar-refractivity contribution is -0.146. The second-order valence-electron chi connectivity index (χ2n) is 5.51. The maximum Gasteiger partial charge on any atom is 0.307 e. The second-order valence-corrected chi connectivity index (χ2v) is 5.94. The molecule has 0 bridgehead atoms. The van der Waals surface area contributed by atoms with Gasteiger partial charge in [-0.2, -0.15) is 0 Å². The second kappa shape index (κ2) is 6.94. The summed E-state index contributed by atoms with van der Waals surface area (Å²) >= 11 is 5.98. The van der Waals surface area contributed by atoms with Gasteiger partial charge in [-0.3, -0.25) is 9.59 Å². The van der Waals surface area contributed by atoms with E-state index in [0.29, 0.717) is 17.9 Å². The Labute approximate surface area is 129 Å². The molecule has 1 amide bonds. The average molecular weight is 310 g/mol. The van der Waals surface area contributed by atoms with Crippen molar-refractivity contribution >= 4 is 23.5 Å². The highest BCUT2D eigenvalue weighted by Gasteiger charge is 2.38. The van der Waals surface area contributed by atoms with E-state index in [1.54, 1.807) is 6.07 Å². The molecule has 0 aliphatic heterocycles. The minimum Gasteiger partial charge on any atom is -0.481 e. The average Bonchev–Trinajstić information content (AvgIpc) is 2.94. The molecule has 0 heterocycles. The van der Waals surface area contributed by atoms with Gasteiger partial charge in [-0.15, -0.1) is 0 Å². The summed E-state index contributed by atoms with van der Waals surface area (Å²) in [5.41, 5.74) is 0.947. The number of benzene rings is 1. The van der Waals surface area contributed by atoms with Crippen molar-refractivity contribution in [3.8, 4) is 0 Å². The van der Waals surface area contributed by atoms with Crippen LogP contribution in [0.5, 0.6) is 0 Å². The highest BCUT2D eigenvalue weighted by Crippen LogP contribution is 2.33. The van der Waals surface area contributed by atoms with Crippen molar-refractivity contribution in [3.05, 3.63) is 34.9 Å². The van der Waals surface area contributed by atoms with E-state index in [1.165, 1.54) is 0 Å². The first-order chi connectivity index (χ1) is 10.0. The minimum atomic E-state index is -0.872. The Bertz CT molecular complexity index is 532. The summed E-state index contributed by atoms with van der Waals surface area (Å²) in [7, 11) is 0. The third kappa shape index (κ3) is 3.76. The van der Waals surface area contributed by atoms with Crippen LogP contribution in [-0.2, 0) is 9.59 Å². The molecule has 4 nitrogen and oxygen atoms in total. The lowest BCUT2D eigenvalue weighted by atomic mass is 9.94. The van der Waals surface area contributed by atoms with Gasteiger partial charge in [0.05, 0.1) is 17.9 Å². The standard InChI is InChI=1S/C16H20ClNO3/c1-2-14(10-5-3-6-11(17)9-10)18-15(19)12-7-4-8-13(12)16(20)21/h3,5-6,9,12-14H,2,4,7-8H2,1H3,(H,18,19)(H,20,21)/t12-,13+,14?/m1/s1. The van der Waals surface area contributed by atoms with Crippen molar-refractivity contribution in [2.24, 2.45) is 11.8 Å². The molecule has 1 unspecified atom stereocenters. The normalized spacial score (nSPS) is 22.8. The van der Waals surface area contributed by atoms with Gasteiger partial charge < -0.3 is 10.4 Å². The first-order valence-corrected chi connectivity index (χ1v) is 7.69. The zero-order valence-electron chi connectivity index (χ0n) is 12.0. The maximum atomic E-state index is 12.4. The predicted octanol–water partition coefficient (Wildman–Crippen LogP) is 3.41. The number of carbonyl (C=O) groups excluding carboxylic acids is 1. The van der Waals surface area contributed by atoms with Crippen molar-refractivity contribution < 1.29 is 14.7 Å². The van der Waals surface area contributed by atoms with E-state index in [1.807, 2.05) is 25.1 Å². The number of carbonyl (C=O) groups is 2. The Morgan fingerprint density at radius 1 is 1.38 bits per heavy atom. The SMILES string of the molecule is CCC(NC(=O)[C@@H]1CCC[C@@H]1C(=O)O)c1cccc(Cl)c1. The molecule has 21 heavy (non-hydrogen) atoms. The monoisotopic (exact) mass is 309 g/mol. The highest BCUT2D eigenvalue weighted by atomic mass is 35.5. The van der Waals surface area contributed by atoms with Gasteiger partial charge >= 0.3 is 5.97 Å². The van der Waals surface area contributed by atoms with Crippen LogP contribution in [0.25, 0.3) is 0 Å². The van der Waals surface area contributed by atoms with E-state index in [9.17, 15) is 14.7 Å². The van der Waals surface area contributed by atoms with Gasteiger partial charge in [0.15, 0.2) is 0 Å². The van der Waals surface area contributed by atoms with Crippen LogP contribution in [0.3, 0.4) is 0 Å². The summed E-state index contributed by atoms with van der Waals surface area (Å²) in [4.78, 5) is 23.6. The van der Waals surface area contributed by atoms with E-state index >= 15 is 0 Å². The zero-order valence-corrected chi connectivity index (χ0v) is 12.8. The Morgan fingerprint density at radius 2 is 2.10 bits per heavy atom. The van der Waals surface area contributed by atoms with E-state index in [4.69, 9.17) is 11.6 Å². The molecule has 1 aliphatic rings. The molecular formula is C16H20ClNO3. The van der Waals surface area contributed by atoms with Gasteiger partial charge in [-0.1, -0.05) is 37.1 Å². The molecule has 5 heteroatoms. The molecule has 1 aromatic rings. The number of carboxylic acids is 1. The molecule has 3 atom stereocenters. The van der Waals surface area contributed by atoms with Crippen LogP contribution in [0.2, 0.25) is 5.02 Å². The molecule has 1 saturated carbocycles. The number of nitrogens with one attached hydrogen (secondary N) is 1. The lowest BCUT2D eigenvalue weighted by Crippen LogP contribution is -2.37. The van der Waals surface area contributed by atoms with Gasteiger partial charge in [-0.05, 0) is 37.0 Å². The first kappa shape index (κ1) is 15.8. The van der Waals surface area contributed by atoms with Gasteiger partial charge in [0.1, 0.15) is 0 Å². The highest BCUT2D eigenvalue weighted by molar-refractivity contribution is 6.30. The summed E-state index contributed by atoms with van der Waals surface area (Å²) in [6, 6.07) is 7.26. The fraction of sp³-hybridized carbons (Fsp3) is 0.500. The summed E-state index contributed by atoms with van der Waals surface area (Å²) in [5, 5.41) is 12.8. The summed E-state index contributed by atoms with van der Waals surface area (Å²) < 4.78 is 0. The largest absolute Gasteiger partial charge is 0.481 e. The van der Waals surface area contributed by atoms with E-state index in [0.717, 1.165) is 18.4 Å². The van der Waals surface area contributed by atoms with Crippen LogP contribution in [0.1, 0.15) is 44.2 Å². The van der Waals surface area contributed by atoms with Crippen LogP contribution in [0.4, 0.5) is 0 Å². The Hall–Kier alpha value is -1.55. The smallest absolute Gasteiger partial charge is 0.307 e. The van der Waals surface area contributed by atoms with E-state index in [-0.39, 0.29) is 11.9 Å². The first-order valence-electron chi connectivity index (χ1n) is 7.31. The molecule has 0 aromatic heterocycles. The summed E-state index contributed by atoms with van der Waals surface area (Å²) in [6.45, 7) is 1.98. The van der Waals surface area contributed by atoms with Crippen molar-refractivity contribution in [1.82, 2.24) is 5.32 Å². The van der Waals surface area contributed by atoms with E-state index < -0.39 is 17.8 Å².